The highest BCUT2D eigenvalue weighted by Gasteiger charge is 2.38. The Labute approximate surface area is 102 Å². The molecule has 0 aromatic carbocycles. The molecule has 84 valence electrons. The van der Waals surface area contributed by atoms with Crippen LogP contribution in [0.5, 0.6) is 0 Å². The lowest BCUT2D eigenvalue weighted by Crippen LogP contribution is -2.42. The van der Waals surface area contributed by atoms with Gasteiger partial charge in [-0.2, -0.15) is 0 Å². The van der Waals surface area contributed by atoms with Gasteiger partial charge in [-0.05, 0) is 35.4 Å². The van der Waals surface area contributed by atoms with Gasteiger partial charge in [0.25, 0.3) is 0 Å². The quantitative estimate of drug-likeness (QED) is 0.761. The third kappa shape index (κ3) is 2.77. The number of hydrogen-bond donors (Lipinski definition) is 1. The molecule has 0 bridgehead atoms. The number of aliphatic imine (C=N–C) groups is 1. The Bertz CT molecular complexity index is 414. The molecule has 2 atom stereocenters. The SMILES string of the molecule is NS(=O)(=O)C1C(I)=CN=CC1OC1CC1. The normalized spacial score (nSPS) is 31.5. The zero-order valence-electron chi connectivity index (χ0n) is 7.84. The second kappa shape index (κ2) is 4.11. The van der Waals surface area contributed by atoms with Crippen LogP contribution in [0.25, 0.3) is 0 Å². The van der Waals surface area contributed by atoms with Crippen molar-refractivity contribution < 1.29 is 13.2 Å². The minimum absolute atomic E-state index is 0.174. The molecule has 1 aliphatic heterocycles. The fourth-order valence-corrected chi connectivity index (χ4v) is 3.85. The van der Waals surface area contributed by atoms with E-state index in [-0.39, 0.29) is 6.10 Å². The van der Waals surface area contributed by atoms with E-state index in [0.29, 0.717) is 3.58 Å². The first kappa shape index (κ1) is 11.5. The molecular formula is C8H11IN2O3S. The summed E-state index contributed by atoms with van der Waals surface area (Å²) < 4.78 is 29.0. The summed E-state index contributed by atoms with van der Waals surface area (Å²) in [5.41, 5.74) is 0. The average Bonchev–Trinajstić information content (AvgIpc) is 2.85. The number of nitrogens with two attached hydrogens (primary N) is 1. The maximum absolute atomic E-state index is 11.4. The second-order valence-electron chi connectivity index (χ2n) is 3.62. The lowest BCUT2D eigenvalue weighted by atomic mass is 10.2. The summed E-state index contributed by atoms with van der Waals surface area (Å²) in [5, 5.41) is 4.38. The average molecular weight is 342 g/mol. The van der Waals surface area contributed by atoms with Crippen LogP contribution in [-0.4, -0.2) is 32.1 Å². The molecule has 1 saturated carbocycles. The molecule has 7 heteroatoms. The molecule has 2 aliphatic rings. The standard InChI is InChI=1S/C8H11IN2O3S/c9-6-3-11-4-7(14-5-1-2-5)8(6)15(10,12)13/h3-5,7-8H,1-2H2,(H2,10,12,13). The predicted octanol–water partition coefficient (Wildman–Crippen LogP) is 0.552. The number of rotatable bonds is 3. The van der Waals surface area contributed by atoms with Crippen LogP contribution in [0, 0.1) is 0 Å². The van der Waals surface area contributed by atoms with Crippen LogP contribution in [0.2, 0.25) is 0 Å². The second-order valence-corrected chi connectivity index (χ2v) is 6.55. The zero-order valence-corrected chi connectivity index (χ0v) is 10.8. The van der Waals surface area contributed by atoms with Crippen molar-refractivity contribution in [1.29, 1.82) is 0 Å². The minimum atomic E-state index is -3.63. The summed E-state index contributed by atoms with van der Waals surface area (Å²) in [6, 6.07) is 0. The van der Waals surface area contributed by atoms with Gasteiger partial charge < -0.3 is 4.74 Å². The van der Waals surface area contributed by atoms with Gasteiger partial charge in [-0.25, -0.2) is 13.6 Å². The number of nitrogens with zero attached hydrogens (tertiary/aromatic N) is 1. The molecule has 2 unspecified atom stereocenters. The van der Waals surface area contributed by atoms with E-state index in [1.54, 1.807) is 0 Å². The largest absolute Gasteiger partial charge is 0.368 e. The fourth-order valence-electron chi connectivity index (χ4n) is 1.38. The first-order valence-corrected chi connectivity index (χ1v) is 7.23. The summed E-state index contributed by atoms with van der Waals surface area (Å²) in [4.78, 5) is 3.94. The van der Waals surface area contributed by atoms with Crippen molar-refractivity contribution in [3.05, 3.63) is 9.78 Å². The third-order valence-corrected chi connectivity index (χ3v) is 4.83. The number of hydrogen-bond acceptors (Lipinski definition) is 4. The van der Waals surface area contributed by atoms with Crippen LogP contribution in [0.3, 0.4) is 0 Å². The molecule has 1 aliphatic carbocycles. The number of halogens is 1. The molecule has 5 nitrogen and oxygen atoms in total. The number of ether oxygens (including phenoxy) is 1. The molecule has 0 spiro atoms. The molecule has 2 rings (SSSR count). The lowest BCUT2D eigenvalue weighted by molar-refractivity contribution is 0.0890. The van der Waals surface area contributed by atoms with E-state index in [9.17, 15) is 8.42 Å². The van der Waals surface area contributed by atoms with E-state index in [1.807, 2.05) is 22.6 Å². The van der Waals surface area contributed by atoms with Crippen LogP contribution < -0.4 is 5.14 Å². The molecule has 2 N–H and O–H groups in total. The van der Waals surface area contributed by atoms with Gasteiger partial charge in [-0.1, -0.05) is 0 Å². The van der Waals surface area contributed by atoms with Crippen molar-refractivity contribution in [3.8, 4) is 0 Å². The molecule has 1 fully saturated rings. The smallest absolute Gasteiger partial charge is 0.219 e. The van der Waals surface area contributed by atoms with Gasteiger partial charge >= 0.3 is 0 Å². The molecule has 0 aromatic heterocycles. The van der Waals surface area contributed by atoms with Gasteiger partial charge in [0, 0.05) is 16.0 Å². The highest BCUT2D eigenvalue weighted by molar-refractivity contribution is 14.1. The summed E-state index contributed by atoms with van der Waals surface area (Å²) in [6.07, 6.45) is 4.62. The van der Waals surface area contributed by atoms with Gasteiger partial charge in [-0.3, -0.25) is 4.99 Å². The highest BCUT2D eigenvalue weighted by atomic mass is 127. The summed E-state index contributed by atoms with van der Waals surface area (Å²) in [5.74, 6) is 0. The Morgan fingerprint density at radius 1 is 1.53 bits per heavy atom. The Morgan fingerprint density at radius 2 is 2.20 bits per heavy atom. The first-order valence-electron chi connectivity index (χ1n) is 4.54. The molecule has 0 radical (unpaired) electrons. The third-order valence-electron chi connectivity index (χ3n) is 2.23. The van der Waals surface area contributed by atoms with Gasteiger partial charge in [0.05, 0.1) is 6.10 Å². The van der Waals surface area contributed by atoms with Crippen molar-refractivity contribution in [3.63, 3.8) is 0 Å². The van der Waals surface area contributed by atoms with Crippen molar-refractivity contribution in [2.24, 2.45) is 10.1 Å². The van der Waals surface area contributed by atoms with Crippen LogP contribution in [0.1, 0.15) is 12.8 Å². The number of sulfonamides is 1. The van der Waals surface area contributed by atoms with Crippen LogP contribution >= 0.6 is 22.6 Å². The monoisotopic (exact) mass is 342 g/mol. The van der Waals surface area contributed by atoms with Gasteiger partial charge in [0.15, 0.2) is 0 Å². The molecule has 0 amide bonds. The van der Waals surface area contributed by atoms with Crippen LogP contribution in [0.4, 0.5) is 0 Å². The lowest BCUT2D eigenvalue weighted by Gasteiger charge is -2.24. The topological polar surface area (TPSA) is 81.8 Å². The van der Waals surface area contributed by atoms with E-state index in [4.69, 9.17) is 9.88 Å². The maximum Gasteiger partial charge on any atom is 0.219 e. The van der Waals surface area contributed by atoms with Crippen molar-refractivity contribution >= 4 is 38.8 Å². The van der Waals surface area contributed by atoms with Crippen LogP contribution in [-0.2, 0) is 14.8 Å². The van der Waals surface area contributed by atoms with Gasteiger partial charge in [0.2, 0.25) is 10.0 Å². The van der Waals surface area contributed by atoms with E-state index in [0.717, 1.165) is 12.8 Å². The Kier molecular flexibility index (Phi) is 3.15. The Balaban J connectivity index is 2.21. The molecule has 1 heterocycles. The molecule has 15 heavy (non-hydrogen) atoms. The minimum Gasteiger partial charge on any atom is -0.368 e. The van der Waals surface area contributed by atoms with Gasteiger partial charge in [0.1, 0.15) is 11.4 Å². The summed E-state index contributed by atoms with van der Waals surface area (Å²) in [6.45, 7) is 0. The van der Waals surface area contributed by atoms with Crippen molar-refractivity contribution in [2.75, 3.05) is 0 Å². The predicted molar refractivity (Wildman–Crippen MR) is 65.4 cm³/mol. The molecule has 0 aromatic rings. The van der Waals surface area contributed by atoms with Crippen molar-refractivity contribution in [2.45, 2.75) is 30.3 Å². The van der Waals surface area contributed by atoms with E-state index >= 15 is 0 Å². The first-order chi connectivity index (χ1) is 6.98. The van der Waals surface area contributed by atoms with Gasteiger partial charge in [-0.15, -0.1) is 0 Å². The summed E-state index contributed by atoms with van der Waals surface area (Å²) in [7, 11) is -3.63. The fraction of sp³-hybridized carbons (Fsp3) is 0.625. The zero-order chi connectivity index (χ0) is 11.1. The van der Waals surface area contributed by atoms with Crippen LogP contribution in [0.15, 0.2) is 14.8 Å². The Morgan fingerprint density at radius 3 is 2.73 bits per heavy atom. The maximum atomic E-state index is 11.4. The highest BCUT2D eigenvalue weighted by Crippen LogP contribution is 2.31. The molecular weight excluding hydrogens is 331 g/mol. The summed E-state index contributed by atoms with van der Waals surface area (Å²) >= 11 is 1.93. The van der Waals surface area contributed by atoms with Crippen molar-refractivity contribution in [1.82, 2.24) is 0 Å². The van der Waals surface area contributed by atoms with E-state index in [1.165, 1.54) is 12.4 Å². The van der Waals surface area contributed by atoms with E-state index < -0.39 is 21.4 Å². The van der Waals surface area contributed by atoms with E-state index in [2.05, 4.69) is 4.99 Å². The number of primary sulfonamides is 1. The molecule has 0 saturated heterocycles. The Hall–Kier alpha value is 0.01000.